The summed E-state index contributed by atoms with van der Waals surface area (Å²) in [7, 11) is 0. The molecule has 2 unspecified atom stereocenters. The van der Waals surface area contributed by atoms with E-state index < -0.39 is 23.7 Å². The molecule has 0 aromatic heterocycles. The van der Waals surface area contributed by atoms with Gasteiger partial charge in [-0.1, -0.05) is 6.07 Å². The van der Waals surface area contributed by atoms with E-state index in [1.165, 1.54) is 6.07 Å². The van der Waals surface area contributed by atoms with Crippen molar-refractivity contribution in [1.82, 2.24) is 5.32 Å². The Hall–Kier alpha value is -1.49. The van der Waals surface area contributed by atoms with Gasteiger partial charge in [0, 0.05) is 11.6 Å². The molecular formula is C9H8F2N2O. The molecule has 3 N–H and O–H groups in total. The van der Waals surface area contributed by atoms with E-state index >= 15 is 0 Å². The molecule has 1 saturated heterocycles. The van der Waals surface area contributed by atoms with Gasteiger partial charge in [-0.3, -0.25) is 4.79 Å². The highest BCUT2D eigenvalue weighted by atomic mass is 19.1. The molecule has 0 aliphatic carbocycles. The first-order chi connectivity index (χ1) is 6.59. The van der Waals surface area contributed by atoms with E-state index in [2.05, 4.69) is 5.32 Å². The maximum absolute atomic E-state index is 13.2. The summed E-state index contributed by atoms with van der Waals surface area (Å²) >= 11 is 0. The molecule has 1 fully saturated rings. The number of β-lactam (4-membered cyclic amide) rings is 1. The Kier molecular flexibility index (Phi) is 1.96. The standard InChI is InChI=1S/C9H8F2N2O/c10-4-1-2-5(6(11)3-4)8-7(12)9(14)13-8/h1-3,7-8H,12H2,(H,13,14). The van der Waals surface area contributed by atoms with Crippen molar-refractivity contribution >= 4 is 5.91 Å². The van der Waals surface area contributed by atoms with Crippen LogP contribution < -0.4 is 11.1 Å². The molecule has 1 aliphatic heterocycles. The maximum Gasteiger partial charge on any atom is 0.239 e. The summed E-state index contributed by atoms with van der Waals surface area (Å²) in [6.07, 6.45) is 0. The Labute approximate surface area is 78.9 Å². The Morgan fingerprint density at radius 3 is 2.57 bits per heavy atom. The van der Waals surface area contributed by atoms with Crippen LogP contribution in [0.1, 0.15) is 11.6 Å². The van der Waals surface area contributed by atoms with Gasteiger partial charge in [-0.15, -0.1) is 0 Å². The second-order valence-electron chi connectivity index (χ2n) is 3.18. The van der Waals surface area contributed by atoms with E-state index in [4.69, 9.17) is 5.73 Å². The third-order valence-corrected chi connectivity index (χ3v) is 2.26. The fourth-order valence-electron chi connectivity index (χ4n) is 1.42. The van der Waals surface area contributed by atoms with Crippen molar-refractivity contribution in [2.45, 2.75) is 12.1 Å². The predicted molar refractivity (Wildman–Crippen MR) is 45.2 cm³/mol. The van der Waals surface area contributed by atoms with Crippen molar-refractivity contribution in [2.75, 3.05) is 0 Å². The number of carbonyl (C=O) groups is 1. The summed E-state index contributed by atoms with van der Waals surface area (Å²) in [5, 5.41) is 2.44. The monoisotopic (exact) mass is 198 g/mol. The quantitative estimate of drug-likeness (QED) is 0.644. The van der Waals surface area contributed by atoms with Crippen LogP contribution in [0.15, 0.2) is 18.2 Å². The molecule has 14 heavy (non-hydrogen) atoms. The lowest BCUT2D eigenvalue weighted by Gasteiger charge is -2.34. The number of nitrogens with two attached hydrogens (primary N) is 1. The van der Waals surface area contributed by atoms with Crippen molar-refractivity contribution < 1.29 is 13.6 Å². The third kappa shape index (κ3) is 1.26. The van der Waals surface area contributed by atoms with Crippen LogP contribution in [0, 0.1) is 11.6 Å². The van der Waals surface area contributed by atoms with Crippen LogP contribution >= 0.6 is 0 Å². The van der Waals surface area contributed by atoms with Crippen molar-refractivity contribution in [2.24, 2.45) is 5.73 Å². The number of amides is 1. The molecule has 5 heteroatoms. The van der Waals surface area contributed by atoms with Crippen LogP contribution in [0.3, 0.4) is 0 Å². The fraction of sp³-hybridized carbons (Fsp3) is 0.222. The summed E-state index contributed by atoms with van der Waals surface area (Å²) in [5.41, 5.74) is 5.65. The molecule has 1 aliphatic rings. The van der Waals surface area contributed by atoms with Crippen LogP contribution in [0.2, 0.25) is 0 Å². The van der Waals surface area contributed by atoms with E-state index in [1.54, 1.807) is 0 Å². The third-order valence-electron chi connectivity index (χ3n) is 2.26. The van der Waals surface area contributed by atoms with Gasteiger partial charge in [0.05, 0.1) is 6.04 Å². The van der Waals surface area contributed by atoms with E-state index in [9.17, 15) is 13.6 Å². The zero-order valence-electron chi connectivity index (χ0n) is 7.13. The van der Waals surface area contributed by atoms with Crippen LogP contribution in [-0.4, -0.2) is 11.9 Å². The smallest absolute Gasteiger partial charge is 0.239 e. The number of benzene rings is 1. The first-order valence-electron chi connectivity index (χ1n) is 4.10. The normalized spacial score (nSPS) is 25.5. The molecule has 1 aromatic rings. The lowest BCUT2D eigenvalue weighted by Crippen LogP contribution is -2.60. The summed E-state index contributed by atoms with van der Waals surface area (Å²) in [4.78, 5) is 10.8. The molecule has 3 nitrogen and oxygen atoms in total. The lowest BCUT2D eigenvalue weighted by atomic mass is 9.92. The summed E-state index contributed by atoms with van der Waals surface area (Å²) in [5.74, 6) is -1.66. The topological polar surface area (TPSA) is 55.1 Å². The molecule has 0 radical (unpaired) electrons. The zero-order valence-corrected chi connectivity index (χ0v) is 7.13. The summed E-state index contributed by atoms with van der Waals surface area (Å²) in [6.45, 7) is 0. The first kappa shape index (κ1) is 9.08. The van der Waals surface area contributed by atoms with E-state index in [0.717, 1.165) is 12.1 Å². The molecule has 2 rings (SSSR count). The Morgan fingerprint density at radius 2 is 2.07 bits per heavy atom. The van der Waals surface area contributed by atoms with Crippen molar-refractivity contribution in [1.29, 1.82) is 0 Å². The zero-order chi connectivity index (χ0) is 10.3. The van der Waals surface area contributed by atoms with Crippen LogP contribution in [0.4, 0.5) is 8.78 Å². The molecular weight excluding hydrogens is 190 g/mol. The highest BCUT2D eigenvalue weighted by Gasteiger charge is 2.38. The number of carbonyl (C=O) groups excluding carboxylic acids is 1. The number of nitrogens with one attached hydrogen (secondary N) is 1. The second kappa shape index (κ2) is 3.02. The predicted octanol–water partition coefficient (Wildman–Crippen LogP) is 0.463. The molecule has 1 amide bonds. The fourth-order valence-corrected chi connectivity index (χ4v) is 1.42. The van der Waals surface area contributed by atoms with Crippen LogP contribution in [0.25, 0.3) is 0 Å². The minimum atomic E-state index is -0.741. The molecule has 0 bridgehead atoms. The van der Waals surface area contributed by atoms with Gasteiger partial charge < -0.3 is 11.1 Å². The number of rotatable bonds is 1. The molecule has 1 heterocycles. The minimum Gasteiger partial charge on any atom is -0.346 e. The van der Waals surface area contributed by atoms with E-state index in [1.807, 2.05) is 0 Å². The van der Waals surface area contributed by atoms with Gasteiger partial charge in [0.25, 0.3) is 0 Å². The van der Waals surface area contributed by atoms with Gasteiger partial charge >= 0.3 is 0 Å². The van der Waals surface area contributed by atoms with Gasteiger partial charge in [0.1, 0.15) is 17.7 Å². The molecule has 74 valence electrons. The Morgan fingerprint density at radius 1 is 1.36 bits per heavy atom. The largest absolute Gasteiger partial charge is 0.346 e. The lowest BCUT2D eigenvalue weighted by molar-refractivity contribution is -0.130. The first-order valence-corrected chi connectivity index (χ1v) is 4.10. The van der Waals surface area contributed by atoms with Crippen molar-refractivity contribution in [3.63, 3.8) is 0 Å². The molecule has 0 saturated carbocycles. The summed E-state index contributed by atoms with van der Waals surface area (Å²) in [6, 6.07) is 1.91. The number of hydrogen-bond acceptors (Lipinski definition) is 2. The van der Waals surface area contributed by atoms with E-state index in [-0.39, 0.29) is 11.5 Å². The molecule has 2 atom stereocenters. The van der Waals surface area contributed by atoms with Crippen molar-refractivity contribution in [3.8, 4) is 0 Å². The highest BCUT2D eigenvalue weighted by molar-refractivity contribution is 5.89. The van der Waals surface area contributed by atoms with Gasteiger partial charge in [-0.05, 0) is 6.07 Å². The van der Waals surface area contributed by atoms with Gasteiger partial charge in [-0.2, -0.15) is 0 Å². The summed E-state index contributed by atoms with van der Waals surface area (Å²) < 4.78 is 25.7. The van der Waals surface area contributed by atoms with Gasteiger partial charge in [0.15, 0.2) is 0 Å². The number of halogens is 2. The molecule has 0 spiro atoms. The highest BCUT2D eigenvalue weighted by Crippen LogP contribution is 2.25. The maximum atomic E-state index is 13.2. The van der Waals surface area contributed by atoms with Gasteiger partial charge in [0.2, 0.25) is 5.91 Å². The van der Waals surface area contributed by atoms with Gasteiger partial charge in [-0.25, -0.2) is 8.78 Å². The second-order valence-corrected chi connectivity index (χ2v) is 3.18. The average molecular weight is 198 g/mol. The van der Waals surface area contributed by atoms with Crippen LogP contribution in [0.5, 0.6) is 0 Å². The number of hydrogen-bond donors (Lipinski definition) is 2. The average Bonchev–Trinajstić information content (AvgIpc) is 2.15. The van der Waals surface area contributed by atoms with Crippen LogP contribution in [-0.2, 0) is 4.79 Å². The Balaban J connectivity index is 2.30. The SMILES string of the molecule is NC1C(=O)NC1c1ccc(F)cc1F. The Bertz CT molecular complexity index is 394. The molecule has 1 aromatic carbocycles. The van der Waals surface area contributed by atoms with Crippen molar-refractivity contribution in [3.05, 3.63) is 35.4 Å². The minimum absolute atomic E-state index is 0.221. The van der Waals surface area contributed by atoms with E-state index in [0.29, 0.717) is 0 Å².